The van der Waals surface area contributed by atoms with E-state index in [1.165, 1.54) is 5.56 Å². The van der Waals surface area contributed by atoms with E-state index in [2.05, 4.69) is 4.98 Å². The number of aromatic amines is 1. The van der Waals surface area contributed by atoms with Gasteiger partial charge in [0.2, 0.25) is 0 Å². The van der Waals surface area contributed by atoms with Gasteiger partial charge in [-0.2, -0.15) is 0 Å². The lowest BCUT2D eigenvalue weighted by Crippen LogP contribution is -2.06. The highest BCUT2D eigenvalue weighted by atomic mass is 16.1. The molecule has 1 N–H and O–H groups in total. The van der Waals surface area contributed by atoms with Gasteiger partial charge in [0.15, 0.2) is 0 Å². The third-order valence-corrected chi connectivity index (χ3v) is 3.77. The third kappa shape index (κ3) is 3.31. The number of rotatable bonds is 5. The van der Waals surface area contributed by atoms with Crippen molar-refractivity contribution in [2.45, 2.75) is 19.3 Å². The molecule has 0 saturated carbocycles. The van der Waals surface area contributed by atoms with Crippen LogP contribution in [0.1, 0.15) is 17.5 Å². The van der Waals surface area contributed by atoms with E-state index in [1.807, 2.05) is 48.5 Å². The first-order chi connectivity index (χ1) is 10.7. The summed E-state index contributed by atoms with van der Waals surface area (Å²) in [6.45, 7) is 0. The summed E-state index contributed by atoms with van der Waals surface area (Å²) in [4.78, 5) is 26.4. The minimum Gasteiger partial charge on any atom is -0.329 e. The Balaban J connectivity index is 1.68. The van der Waals surface area contributed by atoms with Crippen LogP contribution in [0.4, 0.5) is 0 Å². The van der Waals surface area contributed by atoms with E-state index in [0.29, 0.717) is 18.2 Å². The number of nitrogens with one attached hydrogen (secondary N) is 1. The van der Waals surface area contributed by atoms with Gasteiger partial charge < -0.3 is 4.98 Å². The molecular formula is C19H17NO2. The second-order valence-corrected chi connectivity index (χ2v) is 5.43. The number of benzene rings is 2. The Morgan fingerprint density at radius 1 is 0.955 bits per heavy atom. The van der Waals surface area contributed by atoms with Crippen molar-refractivity contribution in [3.05, 3.63) is 82.3 Å². The molecule has 22 heavy (non-hydrogen) atoms. The number of hydrogen-bond donors (Lipinski definition) is 1. The van der Waals surface area contributed by atoms with Gasteiger partial charge in [-0.05, 0) is 35.1 Å². The number of aryl methyl sites for hydroxylation is 1. The summed E-state index contributed by atoms with van der Waals surface area (Å²) in [6.07, 6.45) is 3.35. The predicted molar refractivity (Wildman–Crippen MR) is 88.0 cm³/mol. The normalized spacial score (nSPS) is 10.7. The standard InChI is InChI=1S/C19H17NO2/c21-17(8-6-14-4-2-1-3-5-14)13-15-7-9-18-16(12-15)10-11-20-19(18)22/h1-5,7,9-12H,6,8,13H2,(H,20,22). The van der Waals surface area contributed by atoms with Crippen LogP contribution in [-0.4, -0.2) is 10.8 Å². The van der Waals surface area contributed by atoms with Crippen molar-refractivity contribution in [1.29, 1.82) is 0 Å². The zero-order chi connectivity index (χ0) is 15.4. The molecule has 0 unspecified atom stereocenters. The van der Waals surface area contributed by atoms with Crippen molar-refractivity contribution in [3.63, 3.8) is 0 Å². The van der Waals surface area contributed by atoms with Crippen molar-refractivity contribution >= 4 is 16.6 Å². The minimum absolute atomic E-state index is 0.0977. The first-order valence-electron chi connectivity index (χ1n) is 7.38. The molecule has 3 nitrogen and oxygen atoms in total. The lowest BCUT2D eigenvalue weighted by atomic mass is 10.0. The molecular weight excluding hydrogens is 274 g/mol. The molecule has 0 aliphatic carbocycles. The van der Waals surface area contributed by atoms with E-state index >= 15 is 0 Å². The van der Waals surface area contributed by atoms with Gasteiger partial charge in [-0.15, -0.1) is 0 Å². The highest BCUT2D eigenvalue weighted by Crippen LogP contribution is 2.13. The molecule has 0 aliphatic heterocycles. The smallest absolute Gasteiger partial charge is 0.255 e. The molecule has 3 rings (SSSR count). The van der Waals surface area contributed by atoms with Gasteiger partial charge in [-0.3, -0.25) is 9.59 Å². The van der Waals surface area contributed by atoms with Crippen LogP contribution < -0.4 is 5.56 Å². The number of H-pyrrole nitrogens is 1. The Morgan fingerprint density at radius 3 is 2.59 bits per heavy atom. The average Bonchev–Trinajstić information content (AvgIpc) is 2.54. The van der Waals surface area contributed by atoms with Gasteiger partial charge in [-0.1, -0.05) is 42.5 Å². The summed E-state index contributed by atoms with van der Waals surface area (Å²) in [5.74, 6) is 0.216. The number of fused-ring (bicyclic) bond motifs is 1. The Hall–Kier alpha value is -2.68. The van der Waals surface area contributed by atoms with Crippen molar-refractivity contribution in [1.82, 2.24) is 4.98 Å². The second-order valence-electron chi connectivity index (χ2n) is 5.43. The fraction of sp³-hybridized carbons (Fsp3) is 0.158. The van der Waals surface area contributed by atoms with E-state index < -0.39 is 0 Å². The van der Waals surface area contributed by atoms with E-state index in [0.717, 1.165) is 17.4 Å². The maximum atomic E-state index is 12.1. The summed E-state index contributed by atoms with van der Waals surface area (Å²) in [7, 11) is 0. The molecule has 0 radical (unpaired) electrons. The number of carbonyl (C=O) groups is 1. The first kappa shape index (κ1) is 14.3. The van der Waals surface area contributed by atoms with Crippen LogP contribution >= 0.6 is 0 Å². The zero-order valence-corrected chi connectivity index (χ0v) is 12.2. The Morgan fingerprint density at radius 2 is 1.77 bits per heavy atom. The van der Waals surface area contributed by atoms with Crippen LogP contribution in [0.3, 0.4) is 0 Å². The minimum atomic E-state index is -0.0977. The van der Waals surface area contributed by atoms with Crippen molar-refractivity contribution in [2.24, 2.45) is 0 Å². The highest BCUT2D eigenvalue weighted by Gasteiger charge is 2.06. The SMILES string of the molecule is O=C(CCc1ccccc1)Cc1ccc2c(=O)[nH]ccc2c1. The van der Waals surface area contributed by atoms with Gasteiger partial charge in [0, 0.05) is 24.4 Å². The number of aromatic nitrogens is 1. The Bertz CT molecular complexity index is 850. The summed E-state index contributed by atoms with van der Waals surface area (Å²) >= 11 is 0. The number of hydrogen-bond acceptors (Lipinski definition) is 2. The summed E-state index contributed by atoms with van der Waals surface area (Å²) < 4.78 is 0. The maximum Gasteiger partial charge on any atom is 0.255 e. The largest absolute Gasteiger partial charge is 0.329 e. The van der Waals surface area contributed by atoms with Gasteiger partial charge in [0.25, 0.3) is 5.56 Å². The molecule has 1 aromatic heterocycles. The monoisotopic (exact) mass is 291 g/mol. The Kier molecular flexibility index (Phi) is 4.15. The van der Waals surface area contributed by atoms with Crippen LogP contribution in [0.25, 0.3) is 10.8 Å². The predicted octanol–water partition coefficient (Wildman–Crippen LogP) is 3.27. The zero-order valence-electron chi connectivity index (χ0n) is 12.2. The maximum absolute atomic E-state index is 12.1. The van der Waals surface area contributed by atoms with E-state index in [1.54, 1.807) is 12.3 Å². The fourth-order valence-corrected chi connectivity index (χ4v) is 2.60. The van der Waals surface area contributed by atoms with Gasteiger partial charge in [0.05, 0.1) is 0 Å². The lowest BCUT2D eigenvalue weighted by molar-refractivity contribution is -0.118. The van der Waals surface area contributed by atoms with Crippen molar-refractivity contribution in [3.8, 4) is 0 Å². The van der Waals surface area contributed by atoms with Crippen LogP contribution in [-0.2, 0) is 17.6 Å². The molecule has 1 heterocycles. The van der Waals surface area contributed by atoms with E-state index in [9.17, 15) is 9.59 Å². The third-order valence-electron chi connectivity index (χ3n) is 3.77. The number of Topliss-reactive ketones (excluding diaryl/α,β-unsaturated/α-hetero) is 1. The van der Waals surface area contributed by atoms with E-state index in [4.69, 9.17) is 0 Å². The fourth-order valence-electron chi connectivity index (χ4n) is 2.60. The molecule has 0 saturated heterocycles. The average molecular weight is 291 g/mol. The van der Waals surface area contributed by atoms with Gasteiger partial charge in [-0.25, -0.2) is 0 Å². The molecule has 110 valence electrons. The number of pyridine rings is 1. The number of carbonyl (C=O) groups excluding carboxylic acids is 1. The molecule has 2 aromatic carbocycles. The highest BCUT2D eigenvalue weighted by molar-refractivity contribution is 5.85. The number of ketones is 1. The molecule has 0 amide bonds. The topological polar surface area (TPSA) is 49.9 Å². The van der Waals surface area contributed by atoms with Gasteiger partial charge >= 0.3 is 0 Å². The first-order valence-corrected chi connectivity index (χ1v) is 7.38. The summed E-state index contributed by atoms with van der Waals surface area (Å²) in [5.41, 5.74) is 2.04. The Labute approximate surface area is 128 Å². The molecule has 3 heteroatoms. The van der Waals surface area contributed by atoms with Crippen LogP contribution in [0.5, 0.6) is 0 Å². The quantitative estimate of drug-likeness (QED) is 0.784. The van der Waals surface area contributed by atoms with Crippen molar-refractivity contribution < 1.29 is 4.79 Å². The van der Waals surface area contributed by atoms with Gasteiger partial charge in [0.1, 0.15) is 5.78 Å². The summed E-state index contributed by atoms with van der Waals surface area (Å²) in [6, 6.07) is 17.4. The lowest BCUT2D eigenvalue weighted by Gasteiger charge is -2.04. The molecule has 0 fully saturated rings. The van der Waals surface area contributed by atoms with Crippen LogP contribution in [0, 0.1) is 0 Å². The molecule has 0 bridgehead atoms. The van der Waals surface area contributed by atoms with Crippen molar-refractivity contribution in [2.75, 3.05) is 0 Å². The molecule has 0 atom stereocenters. The summed E-state index contributed by atoms with van der Waals surface area (Å²) in [5, 5.41) is 1.53. The van der Waals surface area contributed by atoms with E-state index in [-0.39, 0.29) is 11.3 Å². The molecule has 0 aliphatic rings. The van der Waals surface area contributed by atoms with Crippen LogP contribution in [0.2, 0.25) is 0 Å². The molecule has 3 aromatic rings. The molecule has 0 spiro atoms. The second kappa shape index (κ2) is 6.39. The van der Waals surface area contributed by atoms with Crippen LogP contribution in [0.15, 0.2) is 65.6 Å².